The van der Waals surface area contributed by atoms with Gasteiger partial charge in [-0.1, -0.05) is 24.3 Å². The van der Waals surface area contributed by atoms with Gasteiger partial charge in [0.25, 0.3) is 0 Å². The quantitative estimate of drug-likeness (QED) is 0.612. The number of aromatic amines is 1. The van der Waals surface area contributed by atoms with E-state index in [2.05, 4.69) is 22.1 Å². The fourth-order valence-electron chi connectivity index (χ4n) is 3.25. The molecular formula is C19H22N2O2. The summed E-state index contributed by atoms with van der Waals surface area (Å²) in [6.45, 7) is 2.04. The molecule has 1 aromatic carbocycles. The highest BCUT2D eigenvalue weighted by Crippen LogP contribution is 2.29. The Labute approximate surface area is 135 Å². The van der Waals surface area contributed by atoms with Crippen molar-refractivity contribution in [3.63, 3.8) is 0 Å². The average Bonchev–Trinajstić information content (AvgIpc) is 2.96. The number of nitrogens with zero attached hydrogens (tertiary/aromatic N) is 1. The first-order valence-corrected chi connectivity index (χ1v) is 7.99. The molecule has 1 atom stereocenters. The number of nitrogens with one attached hydrogen (secondary N) is 1. The van der Waals surface area contributed by atoms with Crippen molar-refractivity contribution in [3.05, 3.63) is 53.9 Å². The molecule has 0 aliphatic heterocycles. The molecule has 2 aromatic heterocycles. The van der Waals surface area contributed by atoms with Gasteiger partial charge in [-0.3, -0.25) is 4.98 Å². The molecule has 4 heteroatoms. The van der Waals surface area contributed by atoms with Crippen molar-refractivity contribution in [2.24, 2.45) is 5.92 Å². The van der Waals surface area contributed by atoms with Gasteiger partial charge in [-0.2, -0.15) is 0 Å². The van der Waals surface area contributed by atoms with Gasteiger partial charge in [0.15, 0.2) is 0 Å². The molecule has 3 aromatic rings. The monoisotopic (exact) mass is 310 g/mol. The predicted octanol–water partition coefficient (Wildman–Crippen LogP) is 3.20. The molecular weight excluding hydrogens is 288 g/mol. The first-order valence-electron chi connectivity index (χ1n) is 7.99. The number of benzene rings is 1. The van der Waals surface area contributed by atoms with E-state index in [1.54, 1.807) is 0 Å². The highest BCUT2D eigenvalue weighted by atomic mass is 16.3. The number of hydrogen-bond acceptors (Lipinski definition) is 3. The number of rotatable bonds is 6. The summed E-state index contributed by atoms with van der Waals surface area (Å²) in [6, 6.07) is 10.3. The van der Waals surface area contributed by atoms with Crippen molar-refractivity contribution < 1.29 is 10.2 Å². The Hall–Kier alpha value is -2.17. The van der Waals surface area contributed by atoms with Crippen LogP contribution in [0.3, 0.4) is 0 Å². The van der Waals surface area contributed by atoms with Crippen LogP contribution < -0.4 is 0 Å². The van der Waals surface area contributed by atoms with E-state index in [1.807, 2.05) is 37.4 Å². The number of H-pyrrole nitrogens is 1. The molecule has 0 fully saturated rings. The van der Waals surface area contributed by atoms with E-state index in [-0.39, 0.29) is 19.1 Å². The fraction of sp³-hybridized carbons (Fsp3) is 0.316. The molecule has 23 heavy (non-hydrogen) atoms. The van der Waals surface area contributed by atoms with E-state index >= 15 is 0 Å². The van der Waals surface area contributed by atoms with Crippen molar-refractivity contribution in [3.8, 4) is 0 Å². The lowest BCUT2D eigenvalue weighted by atomic mass is 9.90. The van der Waals surface area contributed by atoms with E-state index in [0.29, 0.717) is 12.8 Å². The number of hydrogen-bond donors (Lipinski definition) is 3. The number of aliphatic hydroxyl groups excluding tert-OH is 2. The number of aromatic nitrogens is 2. The number of allylic oxidation sites excluding steroid dienone is 1. The topological polar surface area (TPSA) is 69.1 Å². The van der Waals surface area contributed by atoms with Crippen molar-refractivity contribution in [1.29, 1.82) is 0 Å². The molecule has 3 rings (SSSR count). The zero-order chi connectivity index (χ0) is 16.2. The van der Waals surface area contributed by atoms with Gasteiger partial charge in [-0.15, -0.1) is 0 Å². The molecule has 0 bridgehead atoms. The maximum Gasteiger partial charge on any atom is 0.0684 e. The number of fused-ring (bicyclic) bond motifs is 3. The Morgan fingerprint density at radius 1 is 1.22 bits per heavy atom. The second kappa shape index (κ2) is 6.94. The SMILES string of the molecule is CC=C(CO)C(CCO)Cc1nccc2c1[nH]c1ccccc12. The highest BCUT2D eigenvalue weighted by Gasteiger charge is 2.17. The maximum atomic E-state index is 9.55. The lowest BCUT2D eigenvalue weighted by Crippen LogP contribution is -2.14. The largest absolute Gasteiger partial charge is 0.396 e. The Morgan fingerprint density at radius 3 is 2.78 bits per heavy atom. The third-order valence-corrected chi connectivity index (χ3v) is 4.50. The van der Waals surface area contributed by atoms with E-state index in [9.17, 15) is 10.2 Å². The van der Waals surface area contributed by atoms with Crippen molar-refractivity contribution in [2.45, 2.75) is 19.8 Å². The van der Waals surface area contributed by atoms with Crippen LogP contribution in [-0.2, 0) is 6.42 Å². The molecule has 4 nitrogen and oxygen atoms in total. The van der Waals surface area contributed by atoms with Crippen LogP contribution in [0.25, 0.3) is 21.8 Å². The van der Waals surface area contributed by atoms with Gasteiger partial charge in [0.05, 0.1) is 17.8 Å². The standard InChI is InChI=1S/C19H22N2O2/c1-2-13(12-23)14(8-10-22)11-18-19-16(7-9-20-18)15-5-3-4-6-17(15)21-19/h2-7,9,14,21-23H,8,10-12H2,1H3. The number of pyridine rings is 1. The molecule has 0 spiro atoms. The van der Waals surface area contributed by atoms with E-state index in [0.717, 1.165) is 22.3 Å². The molecule has 0 aliphatic rings. The van der Waals surface area contributed by atoms with Crippen LogP contribution >= 0.6 is 0 Å². The number of para-hydroxylation sites is 1. The van der Waals surface area contributed by atoms with E-state index in [1.165, 1.54) is 10.8 Å². The summed E-state index contributed by atoms with van der Waals surface area (Å²) in [5, 5.41) is 21.3. The van der Waals surface area contributed by atoms with Gasteiger partial charge < -0.3 is 15.2 Å². The summed E-state index contributed by atoms with van der Waals surface area (Å²) in [6.07, 6.45) is 5.09. The molecule has 120 valence electrons. The molecule has 0 radical (unpaired) electrons. The Bertz CT molecular complexity index is 836. The minimum atomic E-state index is 0.0177. The predicted molar refractivity (Wildman–Crippen MR) is 93.3 cm³/mol. The third-order valence-electron chi connectivity index (χ3n) is 4.50. The molecule has 0 saturated carbocycles. The number of aliphatic hydroxyl groups is 2. The Balaban J connectivity index is 2.05. The smallest absolute Gasteiger partial charge is 0.0684 e. The summed E-state index contributed by atoms with van der Waals surface area (Å²) < 4.78 is 0. The van der Waals surface area contributed by atoms with E-state index in [4.69, 9.17) is 0 Å². The van der Waals surface area contributed by atoms with Crippen LogP contribution in [0.2, 0.25) is 0 Å². The average molecular weight is 310 g/mol. The van der Waals surface area contributed by atoms with Gasteiger partial charge in [-0.25, -0.2) is 0 Å². The summed E-state index contributed by atoms with van der Waals surface area (Å²) in [5.74, 6) is 0.0968. The van der Waals surface area contributed by atoms with Crippen molar-refractivity contribution in [2.75, 3.05) is 13.2 Å². The van der Waals surface area contributed by atoms with Crippen LogP contribution in [0.4, 0.5) is 0 Å². The molecule has 0 saturated heterocycles. The van der Waals surface area contributed by atoms with Gasteiger partial charge >= 0.3 is 0 Å². The molecule has 0 amide bonds. The minimum absolute atomic E-state index is 0.0177. The second-order valence-corrected chi connectivity index (χ2v) is 5.79. The third kappa shape index (κ3) is 3.00. The molecule has 0 aliphatic carbocycles. The van der Waals surface area contributed by atoms with Gasteiger partial charge in [0, 0.05) is 29.1 Å². The lowest BCUT2D eigenvalue weighted by molar-refractivity contribution is 0.252. The molecule has 1 unspecified atom stereocenters. The normalized spacial score (nSPS) is 13.8. The zero-order valence-corrected chi connectivity index (χ0v) is 13.3. The van der Waals surface area contributed by atoms with Crippen molar-refractivity contribution >= 4 is 21.8 Å². The van der Waals surface area contributed by atoms with Gasteiger partial charge in [0.1, 0.15) is 0 Å². The zero-order valence-electron chi connectivity index (χ0n) is 13.3. The fourth-order valence-corrected chi connectivity index (χ4v) is 3.25. The van der Waals surface area contributed by atoms with Crippen LogP contribution in [-0.4, -0.2) is 33.4 Å². The Kier molecular flexibility index (Phi) is 4.74. The van der Waals surface area contributed by atoms with E-state index < -0.39 is 0 Å². The summed E-state index contributed by atoms with van der Waals surface area (Å²) in [4.78, 5) is 8.02. The Morgan fingerprint density at radius 2 is 2.04 bits per heavy atom. The molecule has 3 N–H and O–H groups in total. The van der Waals surface area contributed by atoms with Crippen LogP contribution in [0.1, 0.15) is 19.0 Å². The van der Waals surface area contributed by atoms with Gasteiger partial charge in [-0.05, 0) is 43.4 Å². The second-order valence-electron chi connectivity index (χ2n) is 5.79. The summed E-state index contributed by atoms with van der Waals surface area (Å²) in [5.41, 5.74) is 4.08. The van der Waals surface area contributed by atoms with Crippen LogP contribution in [0.15, 0.2) is 48.2 Å². The highest BCUT2D eigenvalue weighted by molar-refractivity contribution is 6.07. The summed E-state index contributed by atoms with van der Waals surface area (Å²) in [7, 11) is 0. The van der Waals surface area contributed by atoms with Crippen LogP contribution in [0, 0.1) is 5.92 Å². The first-order chi connectivity index (χ1) is 11.3. The minimum Gasteiger partial charge on any atom is -0.396 e. The molecule has 2 heterocycles. The van der Waals surface area contributed by atoms with Gasteiger partial charge in [0.2, 0.25) is 0 Å². The maximum absolute atomic E-state index is 9.55. The first kappa shape index (κ1) is 15.7. The van der Waals surface area contributed by atoms with Crippen LogP contribution in [0.5, 0.6) is 0 Å². The lowest BCUT2D eigenvalue weighted by Gasteiger charge is -2.18. The summed E-state index contributed by atoms with van der Waals surface area (Å²) >= 11 is 0. The van der Waals surface area contributed by atoms with Crippen molar-refractivity contribution in [1.82, 2.24) is 9.97 Å².